The van der Waals surface area contributed by atoms with Gasteiger partial charge in [-0.25, -0.2) is 0 Å². The summed E-state index contributed by atoms with van der Waals surface area (Å²) in [4.78, 5) is 0. The van der Waals surface area contributed by atoms with Gasteiger partial charge in [-0.1, -0.05) is 39.0 Å². The van der Waals surface area contributed by atoms with E-state index in [2.05, 4.69) is 6.92 Å². The summed E-state index contributed by atoms with van der Waals surface area (Å²) in [6, 6.07) is 0. The van der Waals surface area contributed by atoms with Gasteiger partial charge in [0.25, 0.3) is 6.08 Å². The number of rotatable bonds is 10. The van der Waals surface area contributed by atoms with E-state index in [1.165, 1.54) is 70.3 Å². The fraction of sp³-hybridized carbons (Fsp3) is 0.909. The van der Waals surface area contributed by atoms with Crippen LogP contribution in [0.25, 0.3) is 0 Å². The summed E-state index contributed by atoms with van der Waals surface area (Å²) >= 11 is 0. The lowest BCUT2D eigenvalue weighted by atomic mass is 9.70. The molecule has 0 aliphatic heterocycles. The first kappa shape index (κ1) is 20.9. The van der Waals surface area contributed by atoms with Crippen molar-refractivity contribution in [1.82, 2.24) is 0 Å². The van der Waals surface area contributed by atoms with Crippen molar-refractivity contribution in [1.29, 1.82) is 0 Å². The van der Waals surface area contributed by atoms with E-state index in [0.29, 0.717) is 6.10 Å². The summed E-state index contributed by atoms with van der Waals surface area (Å²) in [6.45, 7) is 3.19. The average Bonchev–Trinajstić information content (AvgIpc) is 2.62. The largest absolute Gasteiger partial charge is 0.378 e. The molecule has 0 atom stereocenters. The van der Waals surface area contributed by atoms with Crippen molar-refractivity contribution in [2.45, 2.75) is 103 Å². The quantitative estimate of drug-likeness (QED) is 0.368. The molecule has 0 aromatic carbocycles. The average molecular weight is 357 g/mol. The minimum atomic E-state index is -1.49. The molecule has 0 N–H and O–H groups in total. The molecule has 2 saturated carbocycles. The number of ether oxygens (including phenoxy) is 1. The molecule has 2 rings (SSSR count). The van der Waals surface area contributed by atoms with E-state index in [0.717, 1.165) is 44.1 Å². The number of halogens is 2. The molecular weight excluding hydrogens is 318 g/mol. The Morgan fingerprint density at radius 2 is 1.36 bits per heavy atom. The lowest BCUT2D eigenvalue weighted by molar-refractivity contribution is 0.00590. The van der Waals surface area contributed by atoms with Crippen LogP contribution in [-0.2, 0) is 4.74 Å². The maximum Gasteiger partial charge on any atom is 0.266 e. The Morgan fingerprint density at radius 1 is 0.800 bits per heavy atom. The van der Waals surface area contributed by atoms with E-state index in [4.69, 9.17) is 4.74 Å². The van der Waals surface area contributed by atoms with Gasteiger partial charge in [-0.15, -0.1) is 0 Å². The van der Waals surface area contributed by atoms with Crippen molar-refractivity contribution in [3.05, 3.63) is 12.2 Å². The van der Waals surface area contributed by atoms with E-state index in [1.807, 2.05) is 0 Å². The summed E-state index contributed by atoms with van der Waals surface area (Å²) in [5, 5.41) is 0. The molecule has 3 heteroatoms. The number of hydrogen-bond donors (Lipinski definition) is 0. The molecule has 2 aliphatic carbocycles. The Kier molecular flexibility index (Phi) is 10.0. The third-order valence-electron chi connectivity index (χ3n) is 6.42. The third-order valence-corrected chi connectivity index (χ3v) is 6.42. The standard InChI is InChI=1S/C22H38F2O/c1-2-3-4-5-6-7-16-25-21-14-12-20(13-15-21)19-10-8-18(9-11-19)17-22(23)24/h17-21H,2-16H2,1H3/t18-,19-,20-,21-. The molecule has 0 bridgehead atoms. The van der Waals surface area contributed by atoms with Crippen LogP contribution in [0.15, 0.2) is 12.2 Å². The number of allylic oxidation sites excluding steroid dienone is 1. The summed E-state index contributed by atoms with van der Waals surface area (Å²) in [5.41, 5.74) is 0. The summed E-state index contributed by atoms with van der Waals surface area (Å²) < 4.78 is 30.8. The highest BCUT2D eigenvalue weighted by Gasteiger charge is 2.30. The molecule has 0 heterocycles. The Morgan fingerprint density at radius 3 is 1.96 bits per heavy atom. The van der Waals surface area contributed by atoms with Crippen molar-refractivity contribution in [2.75, 3.05) is 6.61 Å². The number of hydrogen-bond acceptors (Lipinski definition) is 1. The zero-order valence-corrected chi connectivity index (χ0v) is 16.2. The van der Waals surface area contributed by atoms with Gasteiger partial charge in [-0.05, 0) is 81.6 Å². The van der Waals surface area contributed by atoms with Gasteiger partial charge in [0.2, 0.25) is 0 Å². The Hall–Kier alpha value is -0.440. The smallest absolute Gasteiger partial charge is 0.266 e. The second-order valence-corrected chi connectivity index (χ2v) is 8.31. The molecule has 2 fully saturated rings. The first-order valence-corrected chi connectivity index (χ1v) is 10.8. The summed E-state index contributed by atoms with van der Waals surface area (Å²) in [5.74, 6) is 1.71. The summed E-state index contributed by atoms with van der Waals surface area (Å²) in [7, 11) is 0. The van der Waals surface area contributed by atoms with Crippen LogP contribution in [0.1, 0.15) is 96.8 Å². The lowest BCUT2D eigenvalue weighted by Gasteiger charge is -2.37. The molecule has 0 spiro atoms. The van der Waals surface area contributed by atoms with Crippen molar-refractivity contribution in [3.63, 3.8) is 0 Å². The van der Waals surface area contributed by atoms with E-state index in [-0.39, 0.29) is 5.92 Å². The van der Waals surface area contributed by atoms with Gasteiger partial charge in [0.15, 0.2) is 0 Å². The topological polar surface area (TPSA) is 9.23 Å². The predicted molar refractivity (Wildman–Crippen MR) is 101 cm³/mol. The van der Waals surface area contributed by atoms with E-state index in [9.17, 15) is 8.78 Å². The Labute approximate surface area is 153 Å². The van der Waals surface area contributed by atoms with Gasteiger partial charge in [0.05, 0.1) is 6.10 Å². The van der Waals surface area contributed by atoms with Crippen LogP contribution >= 0.6 is 0 Å². The molecule has 0 amide bonds. The highest BCUT2D eigenvalue weighted by Crippen LogP contribution is 2.41. The second kappa shape index (κ2) is 12.0. The highest BCUT2D eigenvalue weighted by atomic mass is 19.3. The van der Waals surface area contributed by atoms with Gasteiger partial charge in [0, 0.05) is 6.61 Å². The molecule has 1 nitrogen and oxygen atoms in total. The molecule has 0 saturated heterocycles. The maximum atomic E-state index is 12.4. The van der Waals surface area contributed by atoms with Crippen LogP contribution in [-0.4, -0.2) is 12.7 Å². The second-order valence-electron chi connectivity index (χ2n) is 8.31. The monoisotopic (exact) mass is 356 g/mol. The first-order valence-electron chi connectivity index (χ1n) is 10.8. The van der Waals surface area contributed by atoms with E-state index < -0.39 is 6.08 Å². The van der Waals surface area contributed by atoms with Crippen molar-refractivity contribution in [2.24, 2.45) is 17.8 Å². The third kappa shape index (κ3) is 8.19. The minimum absolute atomic E-state index is 0.123. The van der Waals surface area contributed by atoms with E-state index >= 15 is 0 Å². The van der Waals surface area contributed by atoms with Gasteiger partial charge < -0.3 is 4.74 Å². The SMILES string of the molecule is CCCCCCCCO[C@H]1CC[C@H]([C@H]2CC[C@H](C=C(F)F)CC2)CC1. The van der Waals surface area contributed by atoms with Gasteiger partial charge in [0.1, 0.15) is 0 Å². The van der Waals surface area contributed by atoms with Gasteiger partial charge in [-0.2, -0.15) is 8.78 Å². The maximum absolute atomic E-state index is 12.4. The van der Waals surface area contributed by atoms with Crippen molar-refractivity contribution < 1.29 is 13.5 Å². The molecule has 0 aromatic heterocycles. The zero-order chi connectivity index (χ0) is 17.9. The first-order chi connectivity index (χ1) is 12.2. The van der Waals surface area contributed by atoms with Crippen LogP contribution in [0.5, 0.6) is 0 Å². The van der Waals surface area contributed by atoms with Gasteiger partial charge in [-0.3, -0.25) is 0 Å². The minimum Gasteiger partial charge on any atom is -0.378 e. The molecule has 146 valence electrons. The molecule has 0 radical (unpaired) electrons. The zero-order valence-electron chi connectivity index (χ0n) is 16.2. The molecule has 0 aromatic rings. The van der Waals surface area contributed by atoms with Crippen molar-refractivity contribution in [3.8, 4) is 0 Å². The van der Waals surface area contributed by atoms with Crippen molar-refractivity contribution >= 4 is 0 Å². The van der Waals surface area contributed by atoms with Crippen LogP contribution in [0.3, 0.4) is 0 Å². The van der Waals surface area contributed by atoms with Crippen LogP contribution in [0, 0.1) is 17.8 Å². The normalized spacial score (nSPS) is 30.2. The van der Waals surface area contributed by atoms with Crippen LogP contribution < -0.4 is 0 Å². The lowest BCUT2D eigenvalue weighted by Crippen LogP contribution is -2.28. The predicted octanol–water partition coefficient (Wildman–Crippen LogP) is 7.51. The Bertz CT molecular complexity index is 362. The molecule has 25 heavy (non-hydrogen) atoms. The van der Waals surface area contributed by atoms with Crippen LogP contribution in [0.2, 0.25) is 0 Å². The van der Waals surface area contributed by atoms with E-state index in [1.54, 1.807) is 0 Å². The highest BCUT2D eigenvalue weighted by molar-refractivity contribution is 4.92. The Balaban J connectivity index is 1.52. The fourth-order valence-corrected chi connectivity index (χ4v) is 4.82. The van der Waals surface area contributed by atoms with Gasteiger partial charge >= 0.3 is 0 Å². The molecule has 0 unspecified atom stereocenters. The number of unbranched alkanes of at least 4 members (excludes halogenated alkanes) is 5. The van der Waals surface area contributed by atoms with Crippen LogP contribution in [0.4, 0.5) is 8.78 Å². The summed E-state index contributed by atoms with van der Waals surface area (Å²) in [6.07, 6.45) is 17.3. The molecular formula is C22H38F2O. The fourth-order valence-electron chi connectivity index (χ4n) is 4.82. The molecule has 2 aliphatic rings.